The SMILES string of the molecule is COC1=N[C@H](C(C)C)C(OC)=NC1Cc1ccc(-c2cc3ccccc3cc2OC)c2c1OCCO2. The molecular formula is C29H32N2O5. The van der Waals surface area contributed by atoms with E-state index >= 15 is 0 Å². The molecule has 3 aromatic carbocycles. The van der Waals surface area contributed by atoms with Gasteiger partial charge in [0.05, 0.1) is 21.3 Å². The third kappa shape index (κ3) is 4.34. The molecule has 0 saturated carbocycles. The third-order valence-corrected chi connectivity index (χ3v) is 6.68. The minimum absolute atomic E-state index is 0.155. The molecule has 0 fully saturated rings. The van der Waals surface area contributed by atoms with Crippen LogP contribution in [0.4, 0.5) is 0 Å². The van der Waals surface area contributed by atoms with Crippen LogP contribution >= 0.6 is 0 Å². The Balaban J connectivity index is 1.56. The first kappa shape index (κ1) is 24.0. The lowest BCUT2D eigenvalue weighted by molar-refractivity contribution is 0.170. The van der Waals surface area contributed by atoms with Gasteiger partial charge in [0.1, 0.15) is 31.0 Å². The summed E-state index contributed by atoms with van der Waals surface area (Å²) in [4.78, 5) is 9.67. The molecule has 0 spiro atoms. The van der Waals surface area contributed by atoms with E-state index < -0.39 is 0 Å². The Kier molecular flexibility index (Phi) is 6.72. The van der Waals surface area contributed by atoms with Gasteiger partial charge in [0.2, 0.25) is 11.8 Å². The molecule has 0 aromatic heterocycles. The summed E-state index contributed by atoms with van der Waals surface area (Å²) in [6.07, 6.45) is 0.547. The van der Waals surface area contributed by atoms with Crippen LogP contribution in [0.5, 0.6) is 17.2 Å². The largest absolute Gasteiger partial charge is 0.496 e. The molecule has 7 nitrogen and oxygen atoms in total. The van der Waals surface area contributed by atoms with Crippen LogP contribution in [0.3, 0.4) is 0 Å². The smallest absolute Gasteiger partial charge is 0.209 e. The molecule has 5 rings (SSSR count). The third-order valence-electron chi connectivity index (χ3n) is 6.68. The van der Waals surface area contributed by atoms with Crippen molar-refractivity contribution >= 4 is 22.6 Å². The summed E-state index contributed by atoms with van der Waals surface area (Å²) in [6, 6.07) is 16.1. The fraction of sp³-hybridized carbons (Fsp3) is 0.379. The average Bonchev–Trinajstić information content (AvgIpc) is 2.92. The molecule has 0 amide bonds. The minimum atomic E-state index is -0.310. The van der Waals surface area contributed by atoms with Crippen molar-refractivity contribution in [3.63, 3.8) is 0 Å². The highest BCUT2D eigenvalue weighted by atomic mass is 16.6. The molecular weight excluding hydrogens is 456 g/mol. The molecule has 1 unspecified atom stereocenters. The van der Waals surface area contributed by atoms with E-state index in [0.717, 1.165) is 44.7 Å². The highest BCUT2D eigenvalue weighted by molar-refractivity contribution is 5.95. The second-order valence-electron chi connectivity index (χ2n) is 9.28. The van der Waals surface area contributed by atoms with E-state index in [-0.39, 0.29) is 18.0 Å². The Morgan fingerprint density at radius 2 is 1.50 bits per heavy atom. The summed E-state index contributed by atoms with van der Waals surface area (Å²) in [5.74, 6) is 3.70. The fourth-order valence-electron chi connectivity index (χ4n) is 4.87. The molecule has 188 valence electrons. The van der Waals surface area contributed by atoms with Crippen LogP contribution in [0.25, 0.3) is 21.9 Å². The predicted octanol–water partition coefficient (Wildman–Crippen LogP) is 5.33. The van der Waals surface area contributed by atoms with Gasteiger partial charge in [-0.15, -0.1) is 0 Å². The molecule has 7 heteroatoms. The van der Waals surface area contributed by atoms with Crippen molar-refractivity contribution in [3.05, 3.63) is 54.1 Å². The number of rotatable bonds is 5. The Labute approximate surface area is 211 Å². The van der Waals surface area contributed by atoms with Gasteiger partial charge >= 0.3 is 0 Å². The molecule has 0 aliphatic carbocycles. The lowest BCUT2D eigenvalue weighted by Gasteiger charge is -2.28. The van der Waals surface area contributed by atoms with E-state index in [1.54, 1.807) is 21.3 Å². The zero-order valence-electron chi connectivity index (χ0n) is 21.4. The number of ether oxygens (including phenoxy) is 5. The molecule has 2 atom stereocenters. The van der Waals surface area contributed by atoms with E-state index in [1.165, 1.54) is 0 Å². The maximum Gasteiger partial charge on any atom is 0.209 e. The quantitative estimate of drug-likeness (QED) is 0.486. The maximum absolute atomic E-state index is 6.19. The van der Waals surface area contributed by atoms with Crippen molar-refractivity contribution in [1.82, 2.24) is 0 Å². The minimum Gasteiger partial charge on any atom is -0.496 e. The first-order valence-corrected chi connectivity index (χ1v) is 12.3. The van der Waals surface area contributed by atoms with Crippen molar-refractivity contribution in [2.45, 2.75) is 32.4 Å². The number of benzene rings is 3. The number of fused-ring (bicyclic) bond motifs is 2. The number of aliphatic imine (C=N–C) groups is 2. The molecule has 3 aromatic rings. The molecule has 0 radical (unpaired) electrons. The normalized spacial score (nSPS) is 19.1. The molecule has 0 saturated heterocycles. The van der Waals surface area contributed by atoms with E-state index in [9.17, 15) is 0 Å². The number of methoxy groups -OCH3 is 3. The summed E-state index contributed by atoms with van der Waals surface area (Å²) >= 11 is 0. The lowest BCUT2D eigenvalue weighted by atomic mass is 9.94. The van der Waals surface area contributed by atoms with Crippen LogP contribution in [-0.2, 0) is 15.9 Å². The molecule has 36 heavy (non-hydrogen) atoms. The summed E-state index contributed by atoms with van der Waals surface area (Å²) in [5.41, 5.74) is 2.87. The summed E-state index contributed by atoms with van der Waals surface area (Å²) in [7, 11) is 4.97. The van der Waals surface area contributed by atoms with Gasteiger partial charge in [-0.25, -0.2) is 9.98 Å². The van der Waals surface area contributed by atoms with E-state index in [1.807, 2.05) is 12.1 Å². The second-order valence-corrected chi connectivity index (χ2v) is 9.28. The summed E-state index contributed by atoms with van der Waals surface area (Å²) in [6.45, 7) is 5.15. The Bertz CT molecular complexity index is 1330. The van der Waals surface area contributed by atoms with Gasteiger partial charge in [-0.1, -0.05) is 44.2 Å². The lowest BCUT2D eigenvalue weighted by Crippen LogP contribution is -2.38. The van der Waals surface area contributed by atoms with Crippen molar-refractivity contribution in [2.24, 2.45) is 15.9 Å². The van der Waals surface area contributed by atoms with Gasteiger partial charge in [0.15, 0.2) is 11.5 Å². The zero-order valence-corrected chi connectivity index (χ0v) is 21.4. The average molecular weight is 489 g/mol. The van der Waals surface area contributed by atoms with Crippen molar-refractivity contribution < 1.29 is 23.7 Å². The topological polar surface area (TPSA) is 70.9 Å². The first-order valence-electron chi connectivity index (χ1n) is 12.3. The van der Waals surface area contributed by atoms with Crippen LogP contribution in [0, 0.1) is 5.92 Å². The second kappa shape index (κ2) is 10.1. The monoisotopic (exact) mass is 488 g/mol. The molecule has 2 heterocycles. The highest BCUT2D eigenvalue weighted by Crippen LogP contribution is 2.46. The first-order chi connectivity index (χ1) is 17.5. The van der Waals surface area contributed by atoms with Gasteiger partial charge in [-0.2, -0.15) is 0 Å². The predicted molar refractivity (Wildman–Crippen MR) is 142 cm³/mol. The van der Waals surface area contributed by atoms with E-state index in [0.29, 0.717) is 31.4 Å². The summed E-state index contributed by atoms with van der Waals surface area (Å²) in [5, 5.41) is 2.25. The fourth-order valence-corrected chi connectivity index (χ4v) is 4.87. The molecule has 0 N–H and O–H groups in total. The van der Waals surface area contributed by atoms with Gasteiger partial charge < -0.3 is 23.7 Å². The van der Waals surface area contributed by atoms with Crippen LogP contribution in [0.2, 0.25) is 0 Å². The van der Waals surface area contributed by atoms with Crippen LogP contribution < -0.4 is 14.2 Å². The standard InChI is InChI=1S/C29H32N2O5/c1-17(2)25-29(34-5)30-23(28(31-25)33-4)15-20-10-11-21(27-26(20)35-12-13-36-27)22-14-18-8-6-7-9-19(18)16-24(22)32-3/h6-11,14,16-17,23,25H,12-13,15H2,1-5H3/t23?,25-/m1/s1. The molecule has 2 aliphatic heterocycles. The number of nitrogens with zero attached hydrogens (tertiary/aromatic N) is 2. The molecule has 2 aliphatic rings. The van der Waals surface area contributed by atoms with Crippen LogP contribution in [-0.4, -0.2) is 58.4 Å². The van der Waals surface area contributed by atoms with Crippen LogP contribution in [0.1, 0.15) is 19.4 Å². The number of hydrogen-bond acceptors (Lipinski definition) is 7. The Hall–Kier alpha value is -3.74. The summed E-state index contributed by atoms with van der Waals surface area (Å²) < 4.78 is 29.4. The van der Waals surface area contributed by atoms with Gasteiger partial charge in [-0.3, -0.25) is 0 Å². The van der Waals surface area contributed by atoms with Gasteiger partial charge in [-0.05, 0) is 34.9 Å². The molecule has 0 bridgehead atoms. The van der Waals surface area contributed by atoms with Crippen molar-refractivity contribution in [1.29, 1.82) is 0 Å². The van der Waals surface area contributed by atoms with Crippen molar-refractivity contribution in [3.8, 4) is 28.4 Å². The van der Waals surface area contributed by atoms with E-state index in [2.05, 4.69) is 50.2 Å². The van der Waals surface area contributed by atoms with Crippen LogP contribution in [0.15, 0.2) is 58.5 Å². The van der Waals surface area contributed by atoms with Gasteiger partial charge in [0, 0.05) is 23.1 Å². The Morgan fingerprint density at radius 1 is 0.806 bits per heavy atom. The van der Waals surface area contributed by atoms with Gasteiger partial charge in [0.25, 0.3) is 0 Å². The van der Waals surface area contributed by atoms with Crippen molar-refractivity contribution in [2.75, 3.05) is 34.5 Å². The Morgan fingerprint density at radius 3 is 2.17 bits per heavy atom. The number of hydrogen-bond donors (Lipinski definition) is 0. The maximum atomic E-state index is 6.19. The zero-order chi connectivity index (χ0) is 25.2. The highest BCUT2D eigenvalue weighted by Gasteiger charge is 2.32. The van der Waals surface area contributed by atoms with E-state index in [4.69, 9.17) is 33.7 Å².